The molecule has 1 unspecified atom stereocenters. The number of rotatable bonds is 3. The lowest BCUT2D eigenvalue weighted by Crippen LogP contribution is -2.58. The molecule has 102 valence electrons. The third kappa shape index (κ3) is 2.93. The van der Waals surface area contributed by atoms with E-state index in [1.165, 1.54) is 0 Å². The Balaban J connectivity index is 1.77. The summed E-state index contributed by atoms with van der Waals surface area (Å²) < 4.78 is 5.52. The number of carboxylic acid groups (broad SMARTS) is 1. The Morgan fingerprint density at radius 3 is 2.61 bits per heavy atom. The van der Waals surface area contributed by atoms with Gasteiger partial charge in [0.1, 0.15) is 0 Å². The maximum Gasteiger partial charge on any atom is 0.320 e. The minimum Gasteiger partial charge on any atom is -0.481 e. The molecule has 0 aliphatic carbocycles. The van der Waals surface area contributed by atoms with Crippen LogP contribution in [-0.2, 0) is 9.53 Å². The summed E-state index contributed by atoms with van der Waals surface area (Å²) in [6.45, 7) is 5.06. The number of ether oxygens (including phenoxy) is 1. The molecular weight excluding hydrogens is 236 g/mol. The summed E-state index contributed by atoms with van der Waals surface area (Å²) in [5, 5.41) is 8.66. The third-order valence-corrected chi connectivity index (χ3v) is 3.56. The van der Waals surface area contributed by atoms with Gasteiger partial charge in [-0.05, 0) is 6.42 Å². The first-order chi connectivity index (χ1) is 8.60. The predicted molar refractivity (Wildman–Crippen MR) is 64.3 cm³/mol. The summed E-state index contributed by atoms with van der Waals surface area (Å²) in [5.74, 6) is -0.668. The molecule has 2 heterocycles. The molecule has 2 amide bonds. The van der Waals surface area contributed by atoms with Crippen molar-refractivity contribution in [3.8, 4) is 0 Å². The van der Waals surface area contributed by atoms with Crippen molar-refractivity contribution in [1.29, 1.82) is 0 Å². The fraction of sp³-hybridized carbons (Fsp3) is 0.833. The standard InChI is InChI=1S/C12H20N2O4/c1-2-10-8-13(3-4-18-10)12(17)14-6-9(7-14)5-11(15)16/h9-10H,2-8H2,1H3,(H,15,16). The lowest BCUT2D eigenvalue weighted by Gasteiger charge is -2.43. The van der Waals surface area contributed by atoms with Crippen LogP contribution in [0.2, 0.25) is 0 Å². The molecule has 6 heteroatoms. The van der Waals surface area contributed by atoms with Gasteiger partial charge in [-0.15, -0.1) is 0 Å². The molecule has 6 nitrogen and oxygen atoms in total. The van der Waals surface area contributed by atoms with E-state index in [2.05, 4.69) is 0 Å². The first kappa shape index (κ1) is 13.1. The van der Waals surface area contributed by atoms with E-state index in [9.17, 15) is 9.59 Å². The number of morpholine rings is 1. The van der Waals surface area contributed by atoms with Crippen LogP contribution in [0.3, 0.4) is 0 Å². The molecule has 2 rings (SSSR count). The number of carboxylic acids is 1. The molecule has 2 saturated heterocycles. The highest BCUT2D eigenvalue weighted by Gasteiger charge is 2.35. The Bertz CT molecular complexity index is 328. The number of likely N-dealkylation sites (tertiary alicyclic amines) is 1. The van der Waals surface area contributed by atoms with E-state index in [0.29, 0.717) is 32.8 Å². The van der Waals surface area contributed by atoms with Crippen LogP contribution in [0.4, 0.5) is 4.79 Å². The Hall–Kier alpha value is -1.30. The summed E-state index contributed by atoms with van der Waals surface area (Å²) in [7, 11) is 0. The molecule has 0 bridgehead atoms. The molecule has 0 radical (unpaired) electrons. The average molecular weight is 256 g/mol. The largest absolute Gasteiger partial charge is 0.481 e. The molecule has 0 spiro atoms. The van der Waals surface area contributed by atoms with Gasteiger partial charge in [0.15, 0.2) is 0 Å². The highest BCUT2D eigenvalue weighted by Crippen LogP contribution is 2.21. The second-order valence-electron chi connectivity index (χ2n) is 5.00. The molecule has 2 aliphatic rings. The molecule has 2 fully saturated rings. The van der Waals surface area contributed by atoms with Gasteiger partial charge in [-0.3, -0.25) is 4.79 Å². The van der Waals surface area contributed by atoms with E-state index in [0.717, 1.165) is 6.42 Å². The van der Waals surface area contributed by atoms with Crippen LogP contribution in [0.1, 0.15) is 19.8 Å². The van der Waals surface area contributed by atoms with E-state index in [1.807, 2.05) is 11.8 Å². The molecular formula is C12H20N2O4. The molecule has 0 saturated carbocycles. The minimum absolute atomic E-state index is 0.0263. The normalized spacial score (nSPS) is 24.8. The summed E-state index contributed by atoms with van der Waals surface area (Å²) in [5.41, 5.74) is 0. The monoisotopic (exact) mass is 256 g/mol. The molecule has 0 aromatic carbocycles. The van der Waals surface area contributed by atoms with Crippen LogP contribution in [0.15, 0.2) is 0 Å². The molecule has 0 aromatic heterocycles. The van der Waals surface area contributed by atoms with Gasteiger partial charge in [0, 0.05) is 32.1 Å². The fourth-order valence-electron chi connectivity index (χ4n) is 2.44. The smallest absolute Gasteiger partial charge is 0.320 e. The predicted octanol–water partition coefficient (Wildman–Crippen LogP) is 0.624. The van der Waals surface area contributed by atoms with Crippen molar-refractivity contribution in [3.05, 3.63) is 0 Å². The van der Waals surface area contributed by atoms with Crippen molar-refractivity contribution in [2.45, 2.75) is 25.9 Å². The molecule has 1 atom stereocenters. The first-order valence-electron chi connectivity index (χ1n) is 6.47. The highest BCUT2D eigenvalue weighted by atomic mass is 16.5. The van der Waals surface area contributed by atoms with E-state index in [-0.39, 0.29) is 24.5 Å². The van der Waals surface area contributed by atoms with Gasteiger partial charge in [0.25, 0.3) is 0 Å². The number of carbonyl (C=O) groups is 2. The minimum atomic E-state index is -0.787. The number of nitrogens with zero attached hydrogens (tertiary/aromatic N) is 2. The first-order valence-corrected chi connectivity index (χ1v) is 6.47. The lowest BCUT2D eigenvalue weighted by atomic mass is 9.97. The van der Waals surface area contributed by atoms with Gasteiger partial charge in [-0.25, -0.2) is 4.79 Å². The Labute approximate surface area is 106 Å². The van der Waals surface area contributed by atoms with Crippen molar-refractivity contribution >= 4 is 12.0 Å². The molecule has 0 aromatic rings. The summed E-state index contributed by atoms with van der Waals surface area (Å²) >= 11 is 0. The molecule has 1 N–H and O–H groups in total. The second kappa shape index (κ2) is 5.56. The number of urea groups is 1. The Morgan fingerprint density at radius 2 is 2.00 bits per heavy atom. The topological polar surface area (TPSA) is 70.1 Å². The van der Waals surface area contributed by atoms with Gasteiger partial charge in [0.05, 0.1) is 19.1 Å². The van der Waals surface area contributed by atoms with Crippen molar-refractivity contribution < 1.29 is 19.4 Å². The van der Waals surface area contributed by atoms with Gasteiger partial charge in [-0.2, -0.15) is 0 Å². The van der Waals surface area contributed by atoms with Gasteiger partial charge in [0.2, 0.25) is 0 Å². The van der Waals surface area contributed by atoms with Crippen LogP contribution >= 0.6 is 0 Å². The van der Waals surface area contributed by atoms with Crippen LogP contribution in [0.5, 0.6) is 0 Å². The van der Waals surface area contributed by atoms with Gasteiger partial charge >= 0.3 is 12.0 Å². The summed E-state index contributed by atoms with van der Waals surface area (Å²) in [6.07, 6.45) is 1.20. The number of carbonyl (C=O) groups excluding carboxylic acids is 1. The number of hydrogen-bond acceptors (Lipinski definition) is 3. The summed E-state index contributed by atoms with van der Waals surface area (Å²) in [4.78, 5) is 26.2. The van der Waals surface area contributed by atoms with Crippen molar-refractivity contribution in [3.63, 3.8) is 0 Å². The average Bonchev–Trinajstić information content (AvgIpc) is 2.32. The molecule has 2 aliphatic heterocycles. The maximum atomic E-state index is 12.1. The van der Waals surface area contributed by atoms with E-state index in [4.69, 9.17) is 9.84 Å². The third-order valence-electron chi connectivity index (χ3n) is 3.56. The number of aliphatic carboxylic acids is 1. The summed E-state index contributed by atoms with van der Waals surface area (Å²) in [6, 6.07) is 0.0263. The van der Waals surface area contributed by atoms with E-state index < -0.39 is 5.97 Å². The fourth-order valence-corrected chi connectivity index (χ4v) is 2.44. The van der Waals surface area contributed by atoms with E-state index >= 15 is 0 Å². The number of hydrogen-bond donors (Lipinski definition) is 1. The maximum absolute atomic E-state index is 12.1. The van der Waals surface area contributed by atoms with Gasteiger partial charge < -0.3 is 19.6 Å². The second-order valence-corrected chi connectivity index (χ2v) is 5.00. The lowest BCUT2D eigenvalue weighted by molar-refractivity contribution is -0.139. The number of amides is 2. The van der Waals surface area contributed by atoms with E-state index in [1.54, 1.807) is 4.90 Å². The van der Waals surface area contributed by atoms with Crippen LogP contribution < -0.4 is 0 Å². The highest BCUT2D eigenvalue weighted by molar-refractivity contribution is 5.76. The zero-order chi connectivity index (χ0) is 13.1. The molecule has 18 heavy (non-hydrogen) atoms. The SMILES string of the molecule is CCC1CN(C(=O)N2CC(CC(=O)O)C2)CCO1. The van der Waals surface area contributed by atoms with Crippen molar-refractivity contribution in [2.75, 3.05) is 32.8 Å². The van der Waals surface area contributed by atoms with Crippen LogP contribution in [0.25, 0.3) is 0 Å². The van der Waals surface area contributed by atoms with Gasteiger partial charge in [-0.1, -0.05) is 6.92 Å². The van der Waals surface area contributed by atoms with Crippen molar-refractivity contribution in [1.82, 2.24) is 9.80 Å². The Kier molecular flexibility index (Phi) is 4.06. The van der Waals surface area contributed by atoms with Crippen LogP contribution in [-0.4, -0.2) is 65.8 Å². The van der Waals surface area contributed by atoms with Crippen molar-refractivity contribution in [2.24, 2.45) is 5.92 Å². The zero-order valence-electron chi connectivity index (χ0n) is 10.7. The zero-order valence-corrected chi connectivity index (χ0v) is 10.7. The quantitative estimate of drug-likeness (QED) is 0.803. The Morgan fingerprint density at radius 1 is 1.28 bits per heavy atom. The van der Waals surface area contributed by atoms with Crippen LogP contribution in [0, 0.1) is 5.92 Å².